The van der Waals surface area contributed by atoms with Crippen LogP contribution in [0.4, 0.5) is 0 Å². The first kappa shape index (κ1) is 14.4. The molecular formula is C12H21N3OS. The Bertz CT molecular complexity index is 327. The molecule has 1 heterocycles. The van der Waals surface area contributed by atoms with E-state index in [1.807, 2.05) is 26.2 Å². The van der Waals surface area contributed by atoms with Gasteiger partial charge < -0.3 is 10.8 Å². The number of thioether (sulfide) groups is 1. The predicted octanol–water partition coefficient (Wildman–Crippen LogP) is 1.76. The van der Waals surface area contributed by atoms with Gasteiger partial charge in [-0.25, -0.2) is 9.97 Å². The van der Waals surface area contributed by atoms with Gasteiger partial charge in [-0.05, 0) is 32.3 Å². The van der Waals surface area contributed by atoms with Crippen LogP contribution in [0, 0.1) is 6.92 Å². The van der Waals surface area contributed by atoms with Crippen molar-refractivity contribution in [1.29, 1.82) is 0 Å². The molecule has 0 aliphatic heterocycles. The zero-order chi connectivity index (χ0) is 12.7. The molecule has 3 N–H and O–H groups in total. The number of aromatic nitrogens is 2. The van der Waals surface area contributed by atoms with Crippen molar-refractivity contribution >= 4 is 11.8 Å². The highest BCUT2D eigenvalue weighted by atomic mass is 32.2. The first-order valence-electron chi connectivity index (χ1n) is 5.85. The Balaban J connectivity index is 2.14. The van der Waals surface area contributed by atoms with Crippen LogP contribution in [0.25, 0.3) is 0 Å². The van der Waals surface area contributed by atoms with Gasteiger partial charge in [-0.15, -0.1) is 0 Å². The fourth-order valence-corrected chi connectivity index (χ4v) is 2.11. The van der Waals surface area contributed by atoms with Gasteiger partial charge in [0.25, 0.3) is 0 Å². The van der Waals surface area contributed by atoms with Gasteiger partial charge in [0, 0.05) is 23.7 Å². The lowest BCUT2D eigenvalue weighted by atomic mass is 9.98. The molecule has 1 rings (SSSR count). The highest BCUT2D eigenvalue weighted by molar-refractivity contribution is 7.99. The van der Waals surface area contributed by atoms with E-state index in [1.54, 1.807) is 11.8 Å². The Morgan fingerprint density at radius 3 is 2.59 bits per heavy atom. The first-order valence-corrected chi connectivity index (χ1v) is 6.83. The molecule has 0 bridgehead atoms. The molecular weight excluding hydrogens is 234 g/mol. The van der Waals surface area contributed by atoms with Crippen LogP contribution in [0.1, 0.15) is 31.7 Å². The molecule has 0 radical (unpaired) electrons. The summed E-state index contributed by atoms with van der Waals surface area (Å²) in [5.74, 6) is 0.991. The number of nitrogens with two attached hydrogens (primary N) is 1. The van der Waals surface area contributed by atoms with Gasteiger partial charge in [-0.3, -0.25) is 0 Å². The zero-order valence-electron chi connectivity index (χ0n) is 10.5. The SMILES string of the molecule is Cc1cnc(SCCCCC(C)(N)CO)nc1. The summed E-state index contributed by atoms with van der Waals surface area (Å²) in [6.45, 7) is 3.90. The van der Waals surface area contributed by atoms with Gasteiger partial charge in [0.1, 0.15) is 0 Å². The second-order valence-electron chi connectivity index (χ2n) is 4.66. The summed E-state index contributed by atoms with van der Waals surface area (Å²) in [6.07, 6.45) is 6.59. The second kappa shape index (κ2) is 6.93. The van der Waals surface area contributed by atoms with Crippen molar-refractivity contribution in [3.8, 4) is 0 Å². The second-order valence-corrected chi connectivity index (χ2v) is 5.72. The quantitative estimate of drug-likeness (QED) is 0.441. The van der Waals surface area contributed by atoms with E-state index in [2.05, 4.69) is 9.97 Å². The van der Waals surface area contributed by atoms with E-state index in [0.29, 0.717) is 0 Å². The van der Waals surface area contributed by atoms with Crippen LogP contribution in [0.15, 0.2) is 17.6 Å². The van der Waals surface area contributed by atoms with Gasteiger partial charge >= 0.3 is 0 Å². The van der Waals surface area contributed by atoms with Crippen LogP contribution >= 0.6 is 11.8 Å². The molecule has 0 saturated carbocycles. The lowest BCUT2D eigenvalue weighted by Crippen LogP contribution is -2.39. The number of rotatable bonds is 7. The molecule has 17 heavy (non-hydrogen) atoms. The normalized spacial score (nSPS) is 14.6. The van der Waals surface area contributed by atoms with Crippen LogP contribution in [-0.4, -0.2) is 33.0 Å². The van der Waals surface area contributed by atoms with Gasteiger partial charge in [-0.1, -0.05) is 18.2 Å². The molecule has 0 aliphatic rings. The fraction of sp³-hybridized carbons (Fsp3) is 0.667. The van der Waals surface area contributed by atoms with Crippen LogP contribution in [0.5, 0.6) is 0 Å². The average molecular weight is 255 g/mol. The molecule has 0 fully saturated rings. The minimum atomic E-state index is -0.439. The Morgan fingerprint density at radius 1 is 1.35 bits per heavy atom. The summed E-state index contributed by atoms with van der Waals surface area (Å²) in [7, 11) is 0. The number of nitrogens with zero attached hydrogens (tertiary/aromatic N) is 2. The van der Waals surface area contributed by atoms with E-state index < -0.39 is 5.54 Å². The van der Waals surface area contributed by atoms with Gasteiger partial charge in [0.05, 0.1) is 6.61 Å². The summed E-state index contributed by atoms with van der Waals surface area (Å²) >= 11 is 1.66. The summed E-state index contributed by atoms with van der Waals surface area (Å²) in [4.78, 5) is 8.46. The van der Waals surface area contributed by atoms with E-state index in [-0.39, 0.29) is 6.61 Å². The predicted molar refractivity (Wildman–Crippen MR) is 71.0 cm³/mol. The molecule has 1 unspecified atom stereocenters. The number of hydrogen-bond donors (Lipinski definition) is 2. The minimum Gasteiger partial charge on any atom is -0.394 e. The summed E-state index contributed by atoms with van der Waals surface area (Å²) < 4.78 is 0. The number of hydrogen-bond acceptors (Lipinski definition) is 5. The largest absolute Gasteiger partial charge is 0.394 e. The first-order chi connectivity index (χ1) is 8.03. The summed E-state index contributed by atoms with van der Waals surface area (Å²) in [6, 6.07) is 0. The Labute approximate surface area is 107 Å². The topological polar surface area (TPSA) is 72.0 Å². The third-order valence-electron chi connectivity index (χ3n) is 2.49. The van der Waals surface area contributed by atoms with Crippen molar-refractivity contribution in [3.05, 3.63) is 18.0 Å². The van der Waals surface area contributed by atoms with Crippen LogP contribution in [0.3, 0.4) is 0 Å². The molecule has 0 aliphatic carbocycles. The lowest BCUT2D eigenvalue weighted by molar-refractivity contribution is 0.198. The minimum absolute atomic E-state index is 0.0429. The molecule has 5 heteroatoms. The Morgan fingerprint density at radius 2 is 2.00 bits per heavy atom. The molecule has 1 aromatic rings. The molecule has 1 aromatic heterocycles. The standard InChI is InChI=1S/C12H21N3OS/c1-10-7-14-11(15-8-10)17-6-4-3-5-12(2,13)9-16/h7-8,16H,3-6,9,13H2,1-2H3. The highest BCUT2D eigenvalue weighted by Gasteiger charge is 2.15. The number of aliphatic hydroxyl groups is 1. The van der Waals surface area contributed by atoms with Crippen molar-refractivity contribution in [1.82, 2.24) is 9.97 Å². The molecule has 96 valence electrons. The van der Waals surface area contributed by atoms with Crippen molar-refractivity contribution in [2.45, 2.75) is 43.8 Å². The fourth-order valence-electron chi connectivity index (χ4n) is 1.33. The van der Waals surface area contributed by atoms with Crippen LogP contribution < -0.4 is 5.73 Å². The average Bonchev–Trinajstić information content (AvgIpc) is 2.31. The van der Waals surface area contributed by atoms with Crippen LogP contribution in [-0.2, 0) is 0 Å². The van der Waals surface area contributed by atoms with Gasteiger partial charge in [-0.2, -0.15) is 0 Å². The Hall–Kier alpha value is -0.650. The number of unbranched alkanes of at least 4 members (excludes halogenated alkanes) is 1. The Kier molecular flexibility index (Phi) is 5.88. The molecule has 0 spiro atoms. The highest BCUT2D eigenvalue weighted by Crippen LogP contribution is 2.16. The zero-order valence-corrected chi connectivity index (χ0v) is 11.3. The van der Waals surface area contributed by atoms with Crippen molar-refractivity contribution in [2.75, 3.05) is 12.4 Å². The summed E-state index contributed by atoms with van der Waals surface area (Å²) in [5.41, 5.74) is 6.48. The van der Waals surface area contributed by atoms with E-state index in [4.69, 9.17) is 10.8 Å². The number of aliphatic hydroxyl groups excluding tert-OH is 1. The maximum absolute atomic E-state index is 9.00. The summed E-state index contributed by atoms with van der Waals surface area (Å²) in [5, 5.41) is 9.83. The molecule has 0 aromatic carbocycles. The monoisotopic (exact) mass is 255 g/mol. The van der Waals surface area contributed by atoms with Gasteiger partial charge in [0.2, 0.25) is 0 Å². The van der Waals surface area contributed by atoms with Crippen molar-refractivity contribution < 1.29 is 5.11 Å². The maximum Gasteiger partial charge on any atom is 0.187 e. The van der Waals surface area contributed by atoms with E-state index >= 15 is 0 Å². The smallest absolute Gasteiger partial charge is 0.187 e. The van der Waals surface area contributed by atoms with E-state index in [1.165, 1.54) is 0 Å². The van der Waals surface area contributed by atoms with Gasteiger partial charge in [0.15, 0.2) is 5.16 Å². The lowest BCUT2D eigenvalue weighted by Gasteiger charge is -2.20. The molecule has 0 saturated heterocycles. The maximum atomic E-state index is 9.00. The molecule has 1 atom stereocenters. The van der Waals surface area contributed by atoms with Crippen molar-refractivity contribution in [3.63, 3.8) is 0 Å². The third-order valence-corrected chi connectivity index (χ3v) is 3.45. The number of aryl methyl sites for hydroxylation is 1. The molecule has 4 nitrogen and oxygen atoms in total. The van der Waals surface area contributed by atoms with E-state index in [0.717, 1.165) is 35.7 Å². The van der Waals surface area contributed by atoms with Crippen LogP contribution in [0.2, 0.25) is 0 Å². The van der Waals surface area contributed by atoms with Crippen molar-refractivity contribution in [2.24, 2.45) is 5.73 Å². The molecule has 0 amide bonds. The third kappa shape index (κ3) is 6.00. The van der Waals surface area contributed by atoms with E-state index in [9.17, 15) is 0 Å².